The van der Waals surface area contributed by atoms with Gasteiger partial charge in [-0.2, -0.15) is 0 Å². The summed E-state index contributed by atoms with van der Waals surface area (Å²) in [5.41, 5.74) is 1.28. The summed E-state index contributed by atoms with van der Waals surface area (Å²) in [6.07, 6.45) is -0.877. The number of halogens is 1. The lowest BCUT2D eigenvalue weighted by Crippen LogP contribution is -2.51. The van der Waals surface area contributed by atoms with Gasteiger partial charge in [-0.1, -0.05) is 30.3 Å². The zero-order chi connectivity index (χ0) is 17.1. The zero-order valence-electron chi connectivity index (χ0n) is 13.1. The molecule has 3 rings (SSSR count). The van der Waals surface area contributed by atoms with E-state index >= 15 is 0 Å². The van der Waals surface area contributed by atoms with Gasteiger partial charge in [0, 0.05) is 12.7 Å². The molecule has 124 valence electrons. The number of ether oxygens (including phenoxy) is 1. The minimum atomic E-state index is -0.877. The first-order chi connectivity index (χ1) is 11.6. The van der Waals surface area contributed by atoms with E-state index in [1.807, 2.05) is 18.2 Å². The van der Waals surface area contributed by atoms with E-state index in [4.69, 9.17) is 4.74 Å². The third-order valence-electron chi connectivity index (χ3n) is 4.00. The van der Waals surface area contributed by atoms with Crippen molar-refractivity contribution in [2.45, 2.75) is 12.1 Å². The lowest BCUT2D eigenvalue weighted by Gasteiger charge is -2.38. The first-order valence-corrected chi connectivity index (χ1v) is 7.55. The van der Waals surface area contributed by atoms with Crippen molar-refractivity contribution < 1.29 is 18.7 Å². The Hall–Kier alpha value is -2.73. The smallest absolute Gasteiger partial charge is 0.256 e. The SMILES string of the molecule is CN1C(=O)CO[C@H](C(=O)Nc2ccccc2)[C@H]1c1ccc(F)cc1. The number of hydrogen-bond acceptors (Lipinski definition) is 3. The summed E-state index contributed by atoms with van der Waals surface area (Å²) in [5, 5.41) is 2.78. The molecular weight excluding hydrogens is 311 g/mol. The second-order valence-corrected chi connectivity index (χ2v) is 5.59. The van der Waals surface area contributed by atoms with E-state index in [0.29, 0.717) is 11.3 Å². The summed E-state index contributed by atoms with van der Waals surface area (Å²) in [5.74, 6) is -0.960. The van der Waals surface area contributed by atoms with Gasteiger partial charge < -0.3 is 15.0 Å². The molecule has 1 saturated heterocycles. The molecule has 1 aliphatic heterocycles. The fraction of sp³-hybridized carbons (Fsp3) is 0.222. The highest BCUT2D eigenvalue weighted by Crippen LogP contribution is 2.30. The number of carbonyl (C=O) groups excluding carboxylic acids is 2. The highest BCUT2D eigenvalue weighted by atomic mass is 19.1. The van der Waals surface area contributed by atoms with Crippen molar-refractivity contribution in [1.82, 2.24) is 4.90 Å². The molecule has 2 aromatic carbocycles. The van der Waals surface area contributed by atoms with Crippen molar-refractivity contribution in [3.8, 4) is 0 Å². The number of nitrogens with zero attached hydrogens (tertiary/aromatic N) is 1. The van der Waals surface area contributed by atoms with Gasteiger partial charge >= 0.3 is 0 Å². The molecule has 1 heterocycles. The molecule has 5 nitrogen and oxygen atoms in total. The summed E-state index contributed by atoms with van der Waals surface area (Å²) in [6.45, 7) is -0.166. The predicted octanol–water partition coefficient (Wildman–Crippen LogP) is 2.36. The lowest BCUT2D eigenvalue weighted by atomic mass is 9.97. The molecule has 0 aromatic heterocycles. The second kappa shape index (κ2) is 6.80. The van der Waals surface area contributed by atoms with Crippen molar-refractivity contribution in [2.75, 3.05) is 19.0 Å². The van der Waals surface area contributed by atoms with Crippen LogP contribution in [0.2, 0.25) is 0 Å². The molecule has 0 aliphatic carbocycles. The van der Waals surface area contributed by atoms with Crippen LogP contribution in [0.3, 0.4) is 0 Å². The summed E-state index contributed by atoms with van der Waals surface area (Å²) in [4.78, 5) is 26.1. The maximum atomic E-state index is 13.2. The second-order valence-electron chi connectivity index (χ2n) is 5.59. The number of carbonyl (C=O) groups is 2. The number of benzene rings is 2. The molecule has 0 saturated carbocycles. The Kier molecular flexibility index (Phi) is 4.57. The van der Waals surface area contributed by atoms with Gasteiger partial charge in [0.25, 0.3) is 5.91 Å². The van der Waals surface area contributed by atoms with Crippen LogP contribution in [0.15, 0.2) is 54.6 Å². The third-order valence-corrected chi connectivity index (χ3v) is 4.00. The van der Waals surface area contributed by atoms with Gasteiger partial charge in [-0.25, -0.2) is 4.39 Å². The van der Waals surface area contributed by atoms with Crippen molar-refractivity contribution in [2.24, 2.45) is 0 Å². The quantitative estimate of drug-likeness (QED) is 0.941. The van der Waals surface area contributed by atoms with Crippen molar-refractivity contribution >= 4 is 17.5 Å². The normalized spacial score (nSPS) is 20.8. The average Bonchev–Trinajstić information content (AvgIpc) is 2.59. The highest BCUT2D eigenvalue weighted by Gasteiger charge is 2.40. The summed E-state index contributed by atoms with van der Waals surface area (Å²) >= 11 is 0. The van der Waals surface area contributed by atoms with Crippen molar-refractivity contribution in [1.29, 1.82) is 0 Å². The number of anilines is 1. The first-order valence-electron chi connectivity index (χ1n) is 7.55. The molecule has 24 heavy (non-hydrogen) atoms. The largest absolute Gasteiger partial charge is 0.356 e. The molecule has 0 radical (unpaired) electrons. The van der Waals surface area contributed by atoms with Gasteiger partial charge in [-0.05, 0) is 29.8 Å². The van der Waals surface area contributed by atoms with E-state index < -0.39 is 12.1 Å². The first kappa shape index (κ1) is 16.1. The topological polar surface area (TPSA) is 58.6 Å². The fourth-order valence-corrected chi connectivity index (χ4v) is 2.72. The van der Waals surface area contributed by atoms with E-state index in [-0.39, 0.29) is 24.2 Å². The number of para-hydroxylation sites is 1. The van der Waals surface area contributed by atoms with E-state index in [1.54, 1.807) is 31.3 Å². The maximum Gasteiger partial charge on any atom is 0.256 e. The van der Waals surface area contributed by atoms with Gasteiger partial charge in [-0.3, -0.25) is 9.59 Å². The molecule has 0 bridgehead atoms. The average molecular weight is 328 g/mol. The van der Waals surface area contributed by atoms with Gasteiger partial charge in [0.2, 0.25) is 5.91 Å². The number of morpholine rings is 1. The summed E-state index contributed by atoms with van der Waals surface area (Å²) < 4.78 is 18.7. The van der Waals surface area contributed by atoms with Crippen LogP contribution in [0.5, 0.6) is 0 Å². The zero-order valence-corrected chi connectivity index (χ0v) is 13.1. The number of nitrogens with one attached hydrogen (secondary N) is 1. The van der Waals surface area contributed by atoms with E-state index in [1.165, 1.54) is 17.0 Å². The Morgan fingerprint density at radius 2 is 1.83 bits per heavy atom. The molecule has 6 heteroatoms. The molecular formula is C18H17FN2O3. The Morgan fingerprint density at radius 1 is 1.17 bits per heavy atom. The molecule has 1 N–H and O–H groups in total. The number of rotatable bonds is 3. The molecule has 1 fully saturated rings. The van der Waals surface area contributed by atoms with Crippen LogP contribution in [0.4, 0.5) is 10.1 Å². The summed E-state index contributed by atoms with van der Waals surface area (Å²) in [6, 6.07) is 14.1. The monoisotopic (exact) mass is 328 g/mol. The molecule has 2 aromatic rings. The molecule has 2 atom stereocenters. The van der Waals surface area contributed by atoms with E-state index in [0.717, 1.165) is 0 Å². The number of hydrogen-bond donors (Lipinski definition) is 1. The van der Waals surface area contributed by atoms with Crippen LogP contribution < -0.4 is 5.32 Å². The molecule has 2 amide bonds. The predicted molar refractivity (Wildman–Crippen MR) is 86.7 cm³/mol. The molecule has 0 spiro atoms. The molecule has 0 unspecified atom stereocenters. The number of likely N-dealkylation sites (N-methyl/N-ethyl adjacent to an activating group) is 1. The van der Waals surface area contributed by atoms with Crippen LogP contribution in [-0.2, 0) is 14.3 Å². The third kappa shape index (κ3) is 3.28. The van der Waals surface area contributed by atoms with E-state index in [2.05, 4.69) is 5.32 Å². The van der Waals surface area contributed by atoms with Crippen LogP contribution in [0, 0.1) is 5.82 Å². The molecule has 1 aliphatic rings. The van der Waals surface area contributed by atoms with Crippen LogP contribution >= 0.6 is 0 Å². The Labute approximate surface area is 139 Å². The van der Waals surface area contributed by atoms with Crippen LogP contribution in [-0.4, -0.2) is 36.5 Å². The maximum absolute atomic E-state index is 13.2. The standard InChI is InChI=1S/C18H17FN2O3/c1-21-15(22)11-24-17(16(21)12-7-9-13(19)10-8-12)18(23)20-14-5-3-2-4-6-14/h2-10,16-17H,11H2,1H3,(H,20,23)/t16-,17+/m1/s1. The van der Waals surface area contributed by atoms with Gasteiger partial charge in [0.05, 0.1) is 6.04 Å². The summed E-state index contributed by atoms with van der Waals surface area (Å²) in [7, 11) is 1.61. The van der Waals surface area contributed by atoms with Gasteiger partial charge in [0.1, 0.15) is 12.4 Å². The minimum absolute atomic E-state index is 0.166. The number of amides is 2. The minimum Gasteiger partial charge on any atom is -0.356 e. The van der Waals surface area contributed by atoms with Crippen LogP contribution in [0.1, 0.15) is 11.6 Å². The van der Waals surface area contributed by atoms with Crippen molar-refractivity contribution in [3.05, 3.63) is 66.0 Å². The lowest BCUT2D eigenvalue weighted by molar-refractivity contribution is -0.160. The highest BCUT2D eigenvalue weighted by molar-refractivity contribution is 5.96. The fourth-order valence-electron chi connectivity index (χ4n) is 2.72. The Morgan fingerprint density at radius 3 is 2.50 bits per heavy atom. The Bertz CT molecular complexity index is 734. The Balaban J connectivity index is 1.87. The van der Waals surface area contributed by atoms with E-state index in [9.17, 15) is 14.0 Å². The van der Waals surface area contributed by atoms with Crippen LogP contribution in [0.25, 0.3) is 0 Å². The van der Waals surface area contributed by atoms with Gasteiger partial charge in [-0.15, -0.1) is 0 Å². The van der Waals surface area contributed by atoms with Crippen molar-refractivity contribution in [3.63, 3.8) is 0 Å². The van der Waals surface area contributed by atoms with Gasteiger partial charge in [0.15, 0.2) is 6.10 Å².